The quantitative estimate of drug-likeness (QED) is 0.735. The maximum Gasteiger partial charge on any atom is 0.230 e. The van der Waals surface area contributed by atoms with Gasteiger partial charge in [0.2, 0.25) is 5.91 Å². The number of nitrogens with zero attached hydrogens (tertiary/aromatic N) is 1. The summed E-state index contributed by atoms with van der Waals surface area (Å²) in [6.07, 6.45) is 0.359. The van der Waals surface area contributed by atoms with E-state index < -0.39 is 0 Å². The Hall–Kier alpha value is -2.46. The largest absolute Gasteiger partial charge is 0.302 e. The van der Waals surface area contributed by atoms with E-state index in [-0.39, 0.29) is 5.91 Å². The van der Waals surface area contributed by atoms with Crippen LogP contribution in [0.4, 0.5) is 5.13 Å². The van der Waals surface area contributed by atoms with Crippen LogP contribution in [0.25, 0.3) is 11.3 Å². The topological polar surface area (TPSA) is 42.0 Å². The number of carbonyl (C=O) groups excluding carboxylic acids is 1. The molecule has 0 spiro atoms. The minimum Gasteiger partial charge on any atom is -0.302 e. The number of aryl methyl sites for hydroxylation is 3. The highest BCUT2D eigenvalue weighted by atomic mass is 32.1. The van der Waals surface area contributed by atoms with Crippen LogP contribution in [-0.4, -0.2) is 10.9 Å². The van der Waals surface area contributed by atoms with Gasteiger partial charge in [0.05, 0.1) is 12.1 Å². The van der Waals surface area contributed by atoms with Gasteiger partial charge in [-0.3, -0.25) is 4.79 Å². The third-order valence-electron chi connectivity index (χ3n) is 3.90. The van der Waals surface area contributed by atoms with E-state index >= 15 is 0 Å². The first-order valence-electron chi connectivity index (χ1n) is 7.92. The number of rotatable bonds is 4. The molecule has 4 heteroatoms. The zero-order valence-corrected chi connectivity index (χ0v) is 14.9. The summed E-state index contributed by atoms with van der Waals surface area (Å²) < 4.78 is 0. The lowest BCUT2D eigenvalue weighted by Gasteiger charge is -2.05. The zero-order valence-electron chi connectivity index (χ0n) is 14.1. The number of amides is 1. The molecule has 3 nitrogen and oxygen atoms in total. The molecule has 1 heterocycles. The average molecular weight is 336 g/mol. The van der Waals surface area contributed by atoms with Gasteiger partial charge < -0.3 is 5.32 Å². The Morgan fingerprint density at radius 2 is 1.83 bits per heavy atom. The molecule has 0 saturated carbocycles. The van der Waals surface area contributed by atoms with Crippen LogP contribution in [0, 0.1) is 20.8 Å². The SMILES string of the molecule is Cc1ccc(C)c(-c2nc(NC(=O)Cc3ccccc3)sc2C)c1. The Morgan fingerprint density at radius 1 is 1.08 bits per heavy atom. The highest BCUT2D eigenvalue weighted by molar-refractivity contribution is 7.16. The summed E-state index contributed by atoms with van der Waals surface area (Å²) in [5.41, 5.74) is 5.48. The van der Waals surface area contributed by atoms with Gasteiger partial charge in [-0.05, 0) is 38.0 Å². The molecule has 2 aromatic carbocycles. The Bertz CT molecular complexity index is 869. The van der Waals surface area contributed by atoms with E-state index in [1.165, 1.54) is 22.5 Å². The number of hydrogen-bond donors (Lipinski definition) is 1. The third-order valence-corrected chi connectivity index (χ3v) is 4.78. The van der Waals surface area contributed by atoms with E-state index in [1.807, 2.05) is 37.3 Å². The Labute approximate surface area is 146 Å². The smallest absolute Gasteiger partial charge is 0.230 e. The van der Waals surface area contributed by atoms with Crippen LogP contribution in [0.2, 0.25) is 0 Å². The molecular weight excluding hydrogens is 316 g/mol. The summed E-state index contributed by atoms with van der Waals surface area (Å²) >= 11 is 1.52. The minimum absolute atomic E-state index is 0.0394. The van der Waals surface area contributed by atoms with Crippen molar-refractivity contribution >= 4 is 22.4 Å². The summed E-state index contributed by atoms with van der Waals surface area (Å²) in [5.74, 6) is -0.0394. The van der Waals surface area contributed by atoms with E-state index in [1.54, 1.807) is 0 Å². The summed E-state index contributed by atoms with van der Waals surface area (Å²) in [6.45, 7) is 6.20. The molecule has 3 aromatic rings. The summed E-state index contributed by atoms with van der Waals surface area (Å²) in [4.78, 5) is 18.0. The summed E-state index contributed by atoms with van der Waals surface area (Å²) in [5, 5.41) is 3.58. The standard InChI is InChI=1S/C20H20N2OS/c1-13-9-10-14(2)17(11-13)19-15(3)24-20(22-19)21-18(23)12-16-7-5-4-6-8-16/h4-11H,12H2,1-3H3,(H,21,22,23). The molecule has 0 saturated heterocycles. The molecular formula is C20H20N2OS. The maximum absolute atomic E-state index is 12.2. The van der Waals surface area contributed by atoms with Crippen molar-refractivity contribution < 1.29 is 4.79 Å². The molecule has 0 atom stereocenters. The maximum atomic E-state index is 12.2. The van der Waals surface area contributed by atoms with E-state index in [9.17, 15) is 4.79 Å². The molecule has 122 valence electrons. The van der Waals surface area contributed by atoms with Gasteiger partial charge >= 0.3 is 0 Å². The molecule has 0 aliphatic heterocycles. The third kappa shape index (κ3) is 3.71. The first-order chi connectivity index (χ1) is 11.5. The van der Waals surface area contributed by atoms with Gasteiger partial charge in [0.25, 0.3) is 0 Å². The lowest BCUT2D eigenvalue weighted by molar-refractivity contribution is -0.115. The second kappa shape index (κ2) is 6.97. The Balaban J connectivity index is 1.79. The fourth-order valence-electron chi connectivity index (χ4n) is 2.64. The summed E-state index contributed by atoms with van der Waals surface area (Å²) in [6, 6.07) is 16.1. The van der Waals surface area contributed by atoms with Crippen molar-refractivity contribution in [1.82, 2.24) is 4.98 Å². The predicted octanol–water partition coefficient (Wildman–Crippen LogP) is 4.92. The van der Waals surface area contributed by atoms with Crippen LogP contribution in [-0.2, 0) is 11.2 Å². The fraction of sp³-hybridized carbons (Fsp3) is 0.200. The number of nitrogens with one attached hydrogen (secondary N) is 1. The molecule has 0 unspecified atom stereocenters. The van der Waals surface area contributed by atoms with Crippen LogP contribution in [0.5, 0.6) is 0 Å². The van der Waals surface area contributed by atoms with Crippen LogP contribution < -0.4 is 5.32 Å². The lowest BCUT2D eigenvalue weighted by Crippen LogP contribution is -2.14. The number of benzene rings is 2. The number of aromatic nitrogens is 1. The van der Waals surface area contributed by atoms with Crippen molar-refractivity contribution in [2.24, 2.45) is 0 Å². The molecule has 0 radical (unpaired) electrons. The van der Waals surface area contributed by atoms with E-state index in [2.05, 4.69) is 42.3 Å². The summed E-state index contributed by atoms with van der Waals surface area (Å²) in [7, 11) is 0. The van der Waals surface area contributed by atoms with Gasteiger partial charge in [-0.15, -0.1) is 11.3 Å². The first kappa shape index (κ1) is 16.4. The lowest BCUT2D eigenvalue weighted by atomic mass is 10.0. The van der Waals surface area contributed by atoms with Crippen molar-refractivity contribution in [1.29, 1.82) is 0 Å². The normalized spacial score (nSPS) is 10.6. The molecule has 0 fully saturated rings. The van der Waals surface area contributed by atoms with Crippen molar-refractivity contribution in [3.05, 3.63) is 70.1 Å². The molecule has 1 aromatic heterocycles. The van der Waals surface area contributed by atoms with Gasteiger partial charge in [-0.2, -0.15) is 0 Å². The molecule has 0 aliphatic carbocycles. The Kier molecular flexibility index (Phi) is 4.76. The van der Waals surface area contributed by atoms with Crippen LogP contribution in [0.1, 0.15) is 21.6 Å². The molecule has 3 rings (SSSR count). The van der Waals surface area contributed by atoms with E-state index in [0.29, 0.717) is 11.6 Å². The van der Waals surface area contributed by atoms with Crippen molar-refractivity contribution in [2.45, 2.75) is 27.2 Å². The molecule has 1 N–H and O–H groups in total. The number of carbonyl (C=O) groups is 1. The van der Waals surface area contributed by atoms with Crippen molar-refractivity contribution in [2.75, 3.05) is 5.32 Å². The second-order valence-electron chi connectivity index (χ2n) is 5.95. The second-order valence-corrected chi connectivity index (χ2v) is 7.16. The van der Waals surface area contributed by atoms with Gasteiger partial charge in [0.1, 0.15) is 0 Å². The van der Waals surface area contributed by atoms with Crippen molar-refractivity contribution in [3.63, 3.8) is 0 Å². The number of hydrogen-bond acceptors (Lipinski definition) is 3. The molecule has 0 bridgehead atoms. The van der Waals surface area contributed by atoms with Gasteiger partial charge in [-0.25, -0.2) is 4.98 Å². The molecule has 1 amide bonds. The van der Waals surface area contributed by atoms with E-state index in [0.717, 1.165) is 21.7 Å². The van der Waals surface area contributed by atoms with Crippen molar-refractivity contribution in [3.8, 4) is 11.3 Å². The Morgan fingerprint density at radius 3 is 2.58 bits per heavy atom. The number of thiazole rings is 1. The van der Waals surface area contributed by atoms with Gasteiger partial charge in [0, 0.05) is 10.4 Å². The van der Waals surface area contributed by atoms with Crippen LogP contribution in [0.3, 0.4) is 0 Å². The highest BCUT2D eigenvalue weighted by Gasteiger charge is 2.14. The minimum atomic E-state index is -0.0394. The fourth-order valence-corrected chi connectivity index (χ4v) is 3.48. The number of anilines is 1. The first-order valence-corrected chi connectivity index (χ1v) is 8.73. The molecule has 0 aliphatic rings. The zero-order chi connectivity index (χ0) is 17.1. The van der Waals surface area contributed by atoms with Gasteiger partial charge in [-0.1, -0.05) is 48.0 Å². The highest BCUT2D eigenvalue weighted by Crippen LogP contribution is 2.32. The van der Waals surface area contributed by atoms with E-state index in [4.69, 9.17) is 0 Å². The van der Waals surface area contributed by atoms with Crippen LogP contribution >= 0.6 is 11.3 Å². The van der Waals surface area contributed by atoms with Gasteiger partial charge in [0.15, 0.2) is 5.13 Å². The monoisotopic (exact) mass is 336 g/mol. The molecule has 24 heavy (non-hydrogen) atoms. The van der Waals surface area contributed by atoms with Crippen LogP contribution in [0.15, 0.2) is 48.5 Å². The average Bonchev–Trinajstić information content (AvgIpc) is 2.90. The predicted molar refractivity (Wildman–Crippen MR) is 101 cm³/mol.